The molecule has 1 amide bonds. The van der Waals surface area contributed by atoms with Gasteiger partial charge in [0.05, 0.1) is 11.0 Å². The molecule has 0 atom stereocenters. The molecule has 8 nitrogen and oxygen atoms in total. The first-order chi connectivity index (χ1) is 13.8. The van der Waals surface area contributed by atoms with Gasteiger partial charge in [-0.05, 0) is 43.2 Å². The third kappa shape index (κ3) is 3.81. The monoisotopic (exact) mass is 418 g/mol. The zero-order valence-corrected chi connectivity index (χ0v) is 16.1. The van der Waals surface area contributed by atoms with E-state index in [9.17, 15) is 22.4 Å². The third-order valence-corrected chi connectivity index (χ3v) is 6.99. The first kappa shape index (κ1) is 19.3. The highest BCUT2D eigenvalue weighted by atomic mass is 32.2. The van der Waals surface area contributed by atoms with Gasteiger partial charge in [0, 0.05) is 24.7 Å². The molecule has 4 rings (SSSR count). The minimum absolute atomic E-state index is 0.138. The second-order valence-electron chi connectivity index (χ2n) is 6.94. The Bertz CT molecular complexity index is 1230. The highest BCUT2D eigenvalue weighted by molar-refractivity contribution is 7.89. The molecule has 10 heteroatoms. The van der Waals surface area contributed by atoms with Gasteiger partial charge in [0.1, 0.15) is 10.7 Å². The Hall–Kier alpha value is -2.98. The Kier molecular flexibility index (Phi) is 4.97. The molecule has 3 aromatic rings. The number of hydrogen-bond donors (Lipinski definition) is 3. The SMILES string of the molecule is O=C(Nc1ccc2[nH]c(=O)[nH]c2c1)C1CCN(S(=O)(=O)c2ccccc2F)CC1. The summed E-state index contributed by atoms with van der Waals surface area (Å²) in [4.78, 5) is 28.8. The molecular formula is C19H19FN4O4S. The fourth-order valence-corrected chi connectivity index (χ4v) is 5.04. The smallest absolute Gasteiger partial charge is 0.323 e. The molecule has 2 heterocycles. The molecule has 1 aliphatic rings. The molecule has 0 spiro atoms. The number of hydrogen-bond acceptors (Lipinski definition) is 4. The Labute approximate surface area is 165 Å². The zero-order valence-electron chi connectivity index (χ0n) is 15.3. The van der Waals surface area contributed by atoms with Crippen LogP contribution < -0.4 is 11.0 Å². The highest BCUT2D eigenvalue weighted by Gasteiger charge is 2.33. The summed E-state index contributed by atoms with van der Waals surface area (Å²) in [6, 6.07) is 10.3. The van der Waals surface area contributed by atoms with Crippen LogP contribution in [-0.4, -0.2) is 41.7 Å². The second kappa shape index (κ2) is 7.45. The van der Waals surface area contributed by atoms with E-state index < -0.39 is 15.8 Å². The fourth-order valence-electron chi connectivity index (χ4n) is 3.51. The summed E-state index contributed by atoms with van der Waals surface area (Å²) in [6.07, 6.45) is 0.672. The molecule has 0 saturated carbocycles. The molecule has 0 radical (unpaired) electrons. The molecule has 1 aliphatic heterocycles. The number of piperidine rings is 1. The summed E-state index contributed by atoms with van der Waals surface area (Å²) < 4.78 is 40.4. The molecule has 0 aliphatic carbocycles. The standard InChI is InChI=1S/C19H19FN4O4S/c20-14-3-1-2-4-17(14)29(27,28)24-9-7-12(8-10-24)18(25)21-13-5-6-15-16(11-13)23-19(26)22-15/h1-6,11-12H,7-10H2,(H,21,25)(H2,22,23,26). The number of nitrogens with zero attached hydrogens (tertiary/aromatic N) is 1. The van der Waals surface area contributed by atoms with E-state index >= 15 is 0 Å². The number of aromatic amines is 2. The van der Waals surface area contributed by atoms with Crippen molar-refractivity contribution in [2.45, 2.75) is 17.7 Å². The maximum absolute atomic E-state index is 13.9. The van der Waals surface area contributed by atoms with Crippen molar-refractivity contribution in [3.8, 4) is 0 Å². The minimum atomic E-state index is -3.93. The Balaban J connectivity index is 1.41. The van der Waals surface area contributed by atoms with Crippen LogP contribution in [0.2, 0.25) is 0 Å². The van der Waals surface area contributed by atoms with E-state index in [1.54, 1.807) is 18.2 Å². The number of fused-ring (bicyclic) bond motifs is 1. The Morgan fingerprint density at radius 2 is 1.76 bits per heavy atom. The van der Waals surface area contributed by atoms with Crippen LogP contribution in [0.5, 0.6) is 0 Å². The predicted molar refractivity (Wildman–Crippen MR) is 105 cm³/mol. The lowest BCUT2D eigenvalue weighted by Gasteiger charge is -2.30. The number of halogens is 1. The van der Waals surface area contributed by atoms with Crippen molar-refractivity contribution in [3.05, 3.63) is 58.8 Å². The van der Waals surface area contributed by atoms with Gasteiger partial charge < -0.3 is 15.3 Å². The zero-order chi connectivity index (χ0) is 20.6. The van der Waals surface area contributed by atoms with E-state index in [1.807, 2.05) is 0 Å². The van der Waals surface area contributed by atoms with Crippen molar-refractivity contribution >= 4 is 32.7 Å². The van der Waals surface area contributed by atoms with Crippen LogP contribution in [-0.2, 0) is 14.8 Å². The van der Waals surface area contributed by atoms with Crippen LogP contribution in [0, 0.1) is 11.7 Å². The van der Waals surface area contributed by atoms with E-state index in [4.69, 9.17) is 0 Å². The Morgan fingerprint density at radius 3 is 2.48 bits per heavy atom. The number of imidazole rings is 1. The number of sulfonamides is 1. The van der Waals surface area contributed by atoms with Gasteiger partial charge >= 0.3 is 5.69 Å². The summed E-state index contributed by atoms with van der Waals surface area (Å²) in [5.74, 6) is -1.36. The molecule has 2 aromatic carbocycles. The number of nitrogens with one attached hydrogen (secondary N) is 3. The topological polar surface area (TPSA) is 115 Å². The lowest BCUT2D eigenvalue weighted by Crippen LogP contribution is -2.41. The van der Waals surface area contributed by atoms with E-state index in [0.29, 0.717) is 29.6 Å². The number of carbonyl (C=O) groups is 1. The van der Waals surface area contributed by atoms with Gasteiger partial charge in [0.2, 0.25) is 15.9 Å². The maximum Gasteiger partial charge on any atom is 0.323 e. The summed E-state index contributed by atoms with van der Waals surface area (Å²) in [5.41, 5.74) is 1.43. The van der Waals surface area contributed by atoms with Crippen molar-refractivity contribution in [1.82, 2.24) is 14.3 Å². The Morgan fingerprint density at radius 1 is 1.07 bits per heavy atom. The van der Waals surface area contributed by atoms with Crippen molar-refractivity contribution in [2.24, 2.45) is 5.92 Å². The van der Waals surface area contributed by atoms with Crippen molar-refractivity contribution < 1.29 is 17.6 Å². The van der Waals surface area contributed by atoms with Gasteiger partial charge in [-0.2, -0.15) is 4.31 Å². The van der Waals surface area contributed by atoms with Crippen LogP contribution in [0.3, 0.4) is 0 Å². The van der Waals surface area contributed by atoms with Crippen LogP contribution in [0.4, 0.5) is 10.1 Å². The van der Waals surface area contributed by atoms with Gasteiger partial charge in [-0.15, -0.1) is 0 Å². The first-order valence-electron chi connectivity index (χ1n) is 9.12. The number of carbonyl (C=O) groups excluding carboxylic acids is 1. The number of benzene rings is 2. The van der Waals surface area contributed by atoms with Gasteiger partial charge in [-0.3, -0.25) is 4.79 Å². The normalized spacial score (nSPS) is 16.2. The van der Waals surface area contributed by atoms with Gasteiger partial charge in [-0.1, -0.05) is 12.1 Å². The number of aromatic nitrogens is 2. The molecule has 29 heavy (non-hydrogen) atoms. The van der Waals surface area contributed by atoms with Crippen LogP contribution in [0.1, 0.15) is 12.8 Å². The largest absolute Gasteiger partial charge is 0.326 e. The number of amides is 1. The van der Waals surface area contributed by atoms with E-state index in [-0.39, 0.29) is 35.5 Å². The average Bonchev–Trinajstić information content (AvgIpc) is 3.07. The second-order valence-corrected chi connectivity index (χ2v) is 8.84. The van der Waals surface area contributed by atoms with E-state index in [2.05, 4.69) is 15.3 Å². The molecular weight excluding hydrogens is 399 g/mol. The summed E-state index contributed by atoms with van der Waals surface area (Å²) in [7, 11) is -3.93. The molecule has 3 N–H and O–H groups in total. The quantitative estimate of drug-likeness (QED) is 0.601. The average molecular weight is 418 g/mol. The third-order valence-electron chi connectivity index (χ3n) is 5.06. The number of anilines is 1. The lowest BCUT2D eigenvalue weighted by molar-refractivity contribution is -0.120. The van der Waals surface area contributed by atoms with Gasteiger partial charge in [0.15, 0.2) is 0 Å². The van der Waals surface area contributed by atoms with E-state index in [0.717, 1.165) is 6.07 Å². The van der Waals surface area contributed by atoms with Crippen LogP contribution >= 0.6 is 0 Å². The minimum Gasteiger partial charge on any atom is -0.326 e. The predicted octanol–water partition coefficient (Wildman–Crippen LogP) is 2.03. The summed E-state index contributed by atoms with van der Waals surface area (Å²) >= 11 is 0. The number of H-pyrrole nitrogens is 2. The maximum atomic E-state index is 13.9. The molecule has 0 unspecified atom stereocenters. The fraction of sp³-hybridized carbons (Fsp3) is 0.263. The molecule has 0 bridgehead atoms. The molecule has 1 fully saturated rings. The highest BCUT2D eigenvalue weighted by Crippen LogP contribution is 2.26. The van der Waals surface area contributed by atoms with Crippen molar-refractivity contribution in [3.63, 3.8) is 0 Å². The van der Waals surface area contributed by atoms with Crippen molar-refractivity contribution in [2.75, 3.05) is 18.4 Å². The number of rotatable bonds is 4. The van der Waals surface area contributed by atoms with Crippen LogP contribution in [0.25, 0.3) is 11.0 Å². The van der Waals surface area contributed by atoms with Gasteiger partial charge in [-0.25, -0.2) is 17.6 Å². The lowest BCUT2D eigenvalue weighted by atomic mass is 9.97. The molecule has 1 saturated heterocycles. The summed E-state index contributed by atoms with van der Waals surface area (Å²) in [6.45, 7) is 0.276. The molecule has 152 valence electrons. The van der Waals surface area contributed by atoms with Crippen molar-refractivity contribution in [1.29, 1.82) is 0 Å². The summed E-state index contributed by atoms with van der Waals surface area (Å²) in [5, 5.41) is 2.80. The van der Waals surface area contributed by atoms with Crippen LogP contribution in [0.15, 0.2) is 52.2 Å². The van der Waals surface area contributed by atoms with Gasteiger partial charge in [0.25, 0.3) is 0 Å². The first-order valence-corrected chi connectivity index (χ1v) is 10.6. The molecule has 1 aromatic heterocycles. The van der Waals surface area contributed by atoms with E-state index in [1.165, 1.54) is 22.5 Å².